The van der Waals surface area contributed by atoms with Gasteiger partial charge >= 0.3 is 0 Å². The molecule has 1 aliphatic rings. The summed E-state index contributed by atoms with van der Waals surface area (Å²) in [5.74, 6) is 1.69. The molecule has 17 heavy (non-hydrogen) atoms. The third-order valence-corrected chi connectivity index (χ3v) is 3.76. The minimum absolute atomic E-state index is 0.0454. The molecule has 0 amide bonds. The van der Waals surface area contributed by atoms with Crippen LogP contribution in [0.2, 0.25) is 0 Å². The van der Waals surface area contributed by atoms with Gasteiger partial charge in [0.05, 0.1) is 0 Å². The molecule has 0 unspecified atom stereocenters. The van der Waals surface area contributed by atoms with E-state index in [-0.39, 0.29) is 5.41 Å². The molecule has 0 bridgehead atoms. The molecule has 0 N–H and O–H groups in total. The quantitative estimate of drug-likeness (QED) is 0.730. The minimum atomic E-state index is 0.0454. The Morgan fingerprint density at radius 2 is 1.41 bits per heavy atom. The average Bonchev–Trinajstić information content (AvgIpc) is 2.68. The van der Waals surface area contributed by atoms with E-state index in [4.69, 9.17) is 9.97 Å². The Hall–Kier alpha value is -0.920. The van der Waals surface area contributed by atoms with Gasteiger partial charge in [0.25, 0.3) is 0 Å². The lowest BCUT2D eigenvalue weighted by atomic mass is 9.92. The van der Waals surface area contributed by atoms with Crippen LogP contribution >= 0.6 is 0 Å². The minimum Gasteiger partial charge on any atom is -0.237 e. The Morgan fingerprint density at radius 1 is 0.941 bits per heavy atom. The molecule has 1 aromatic rings. The van der Waals surface area contributed by atoms with Gasteiger partial charge in [-0.05, 0) is 38.2 Å². The number of aryl methyl sites for hydroxylation is 2. The van der Waals surface area contributed by atoms with Crippen LogP contribution in [0.15, 0.2) is 0 Å². The van der Waals surface area contributed by atoms with E-state index in [1.54, 1.807) is 0 Å². The molecular formula is C15H24N2. The van der Waals surface area contributed by atoms with Crippen LogP contribution in [0.3, 0.4) is 0 Å². The molecule has 0 saturated heterocycles. The first-order chi connectivity index (χ1) is 7.89. The van der Waals surface area contributed by atoms with Crippen LogP contribution in [-0.2, 0) is 5.41 Å². The summed E-state index contributed by atoms with van der Waals surface area (Å²) in [6, 6.07) is 0. The van der Waals surface area contributed by atoms with Crippen molar-refractivity contribution >= 4 is 0 Å². The summed E-state index contributed by atoms with van der Waals surface area (Å²) in [6.45, 7) is 10.8. The van der Waals surface area contributed by atoms with Gasteiger partial charge in [0, 0.05) is 16.8 Å². The van der Waals surface area contributed by atoms with Gasteiger partial charge in [0.2, 0.25) is 0 Å². The highest BCUT2D eigenvalue weighted by Gasteiger charge is 2.25. The van der Waals surface area contributed by atoms with Gasteiger partial charge in [-0.1, -0.05) is 33.6 Å². The van der Waals surface area contributed by atoms with Crippen LogP contribution in [-0.4, -0.2) is 9.97 Å². The molecule has 0 atom stereocenters. The number of hydrogen-bond acceptors (Lipinski definition) is 2. The first-order valence-corrected chi connectivity index (χ1v) is 6.75. The lowest BCUT2D eigenvalue weighted by Crippen LogP contribution is -2.19. The lowest BCUT2D eigenvalue weighted by molar-refractivity contribution is 0.535. The highest BCUT2D eigenvalue weighted by atomic mass is 14.9. The Morgan fingerprint density at radius 3 is 1.82 bits per heavy atom. The average molecular weight is 232 g/mol. The number of hydrogen-bond donors (Lipinski definition) is 0. The molecule has 1 saturated carbocycles. The van der Waals surface area contributed by atoms with Gasteiger partial charge in [-0.25, -0.2) is 9.97 Å². The van der Waals surface area contributed by atoms with Crippen LogP contribution in [0.1, 0.15) is 75.1 Å². The highest BCUT2D eigenvalue weighted by molar-refractivity contribution is 5.30. The molecule has 0 aromatic carbocycles. The van der Waals surface area contributed by atoms with Gasteiger partial charge < -0.3 is 0 Å². The predicted molar refractivity (Wildman–Crippen MR) is 71.4 cm³/mol. The summed E-state index contributed by atoms with van der Waals surface area (Å²) in [5, 5.41) is 0. The molecule has 2 rings (SSSR count). The third-order valence-electron chi connectivity index (χ3n) is 3.76. The monoisotopic (exact) mass is 232 g/mol. The second kappa shape index (κ2) is 4.40. The zero-order chi connectivity index (χ0) is 12.6. The van der Waals surface area contributed by atoms with E-state index in [0.717, 1.165) is 5.82 Å². The maximum absolute atomic E-state index is 4.74. The molecule has 0 aliphatic heterocycles. The fourth-order valence-electron chi connectivity index (χ4n) is 2.87. The summed E-state index contributed by atoms with van der Waals surface area (Å²) in [6.07, 6.45) is 5.37. The van der Waals surface area contributed by atoms with E-state index in [2.05, 4.69) is 34.6 Å². The standard InChI is InChI=1S/C15H24N2/c1-10-13(12-8-6-7-9-12)11(2)17-14(16-10)15(3,4)5/h12H,6-9H2,1-5H3. The van der Waals surface area contributed by atoms with E-state index in [9.17, 15) is 0 Å². The van der Waals surface area contributed by atoms with E-state index < -0.39 is 0 Å². The van der Waals surface area contributed by atoms with Crippen molar-refractivity contribution in [2.75, 3.05) is 0 Å². The van der Waals surface area contributed by atoms with Crippen molar-refractivity contribution in [3.63, 3.8) is 0 Å². The van der Waals surface area contributed by atoms with Crippen molar-refractivity contribution in [2.24, 2.45) is 0 Å². The summed E-state index contributed by atoms with van der Waals surface area (Å²) < 4.78 is 0. The van der Waals surface area contributed by atoms with Crippen molar-refractivity contribution in [2.45, 2.75) is 71.6 Å². The Bertz CT molecular complexity index is 386. The van der Waals surface area contributed by atoms with Crippen LogP contribution in [0.5, 0.6) is 0 Å². The fourth-order valence-corrected chi connectivity index (χ4v) is 2.87. The zero-order valence-corrected chi connectivity index (χ0v) is 11.8. The number of nitrogens with zero attached hydrogens (tertiary/aromatic N) is 2. The van der Waals surface area contributed by atoms with Crippen molar-refractivity contribution < 1.29 is 0 Å². The topological polar surface area (TPSA) is 25.8 Å². The molecule has 1 fully saturated rings. The summed E-state index contributed by atoms with van der Waals surface area (Å²) >= 11 is 0. The van der Waals surface area contributed by atoms with Crippen LogP contribution in [0.25, 0.3) is 0 Å². The zero-order valence-electron chi connectivity index (χ0n) is 11.8. The third kappa shape index (κ3) is 2.51. The number of rotatable bonds is 1. The second-order valence-corrected chi connectivity index (χ2v) is 6.36. The van der Waals surface area contributed by atoms with Crippen LogP contribution in [0, 0.1) is 13.8 Å². The molecule has 1 heterocycles. The highest BCUT2D eigenvalue weighted by Crippen LogP contribution is 2.37. The molecular weight excluding hydrogens is 208 g/mol. The maximum Gasteiger partial charge on any atom is 0.134 e. The lowest BCUT2D eigenvalue weighted by Gasteiger charge is -2.21. The van der Waals surface area contributed by atoms with Crippen molar-refractivity contribution in [1.29, 1.82) is 0 Å². The van der Waals surface area contributed by atoms with Crippen LogP contribution in [0.4, 0.5) is 0 Å². The van der Waals surface area contributed by atoms with Gasteiger partial charge in [-0.3, -0.25) is 0 Å². The molecule has 94 valence electrons. The van der Waals surface area contributed by atoms with Crippen LogP contribution < -0.4 is 0 Å². The molecule has 1 aliphatic carbocycles. The van der Waals surface area contributed by atoms with E-state index >= 15 is 0 Å². The Balaban J connectivity index is 2.42. The SMILES string of the molecule is Cc1nc(C(C)(C)C)nc(C)c1C1CCCC1. The predicted octanol–water partition coefficient (Wildman–Crippen LogP) is 4.05. The van der Waals surface area contributed by atoms with Gasteiger partial charge in [-0.2, -0.15) is 0 Å². The van der Waals surface area contributed by atoms with E-state index in [0.29, 0.717) is 5.92 Å². The summed E-state index contributed by atoms with van der Waals surface area (Å²) in [7, 11) is 0. The fraction of sp³-hybridized carbons (Fsp3) is 0.733. The largest absolute Gasteiger partial charge is 0.237 e. The van der Waals surface area contributed by atoms with E-state index in [1.807, 2.05) is 0 Å². The van der Waals surface area contributed by atoms with Gasteiger partial charge in [0.15, 0.2) is 0 Å². The smallest absolute Gasteiger partial charge is 0.134 e. The first-order valence-electron chi connectivity index (χ1n) is 6.75. The van der Waals surface area contributed by atoms with Crippen molar-refractivity contribution in [3.8, 4) is 0 Å². The Kier molecular flexibility index (Phi) is 3.24. The molecule has 2 nitrogen and oxygen atoms in total. The van der Waals surface area contributed by atoms with Crippen molar-refractivity contribution in [3.05, 3.63) is 22.8 Å². The summed E-state index contributed by atoms with van der Waals surface area (Å²) in [4.78, 5) is 9.48. The van der Waals surface area contributed by atoms with Gasteiger partial charge in [0.1, 0.15) is 5.82 Å². The molecule has 0 radical (unpaired) electrons. The second-order valence-electron chi connectivity index (χ2n) is 6.36. The summed E-state index contributed by atoms with van der Waals surface area (Å²) in [5.41, 5.74) is 3.88. The first kappa shape index (κ1) is 12.5. The van der Waals surface area contributed by atoms with E-state index in [1.165, 1.54) is 42.6 Å². The normalized spacial score (nSPS) is 17.7. The maximum atomic E-state index is 4.74. The van der Waals surface area contributed by atoms with Gasteiger partial charge in [-0.15, -0.1) is 0 Å². The molecule has 2 heteroatoms. The Labute approximate surface area is 105 Å². The number of aromatic nitrogens is 2. The molecule has 0 spiro atoms. The molecule has 1 aromatic heterocycles. The van der Waals surface area contributed by atoms with Crippen molar-refractivity contribution in [1.82, 2.24) is 9.97 Å².